The summed E-state index contributed by atoms with van der Waals surface area (Å²) >= 11 is 4.40. The minimum Gasteiger partial charge on any atom is -0.479 e. The van der Waals surface area contributed by atoms with Crippen molar-refractivity contribution in [3.8, 4) is 5.75 Å². The number of benzene rings is 1. The minimum absolute atomic E-state index is 0.106. The summed E-state index contributed by atoms with van der Waals surface area (Å²) in [5.74, 6) is -3.72. The van der Waals surface area contributed by atoms with Gasteiger partial charge in [0, 0.05) is 38.6 Å². The Morgan fingerprint density at radius 1 is 0.894 bits per heavy atom. The Morgan fingerprint density at radius 3 is 2.21 bits per heavy atom. The summed E-state index contributed by atoms with van der Waals surface area (Å²) in [6.07, 6.45) is -3.34. The Labute approximate surface area is 392 Å². The predicted molar refractivity (Wildman–Crippen MR) is 241 cm³/mol. The van der Waals surface area contributed by atoms with Gasteiger partial charge in [-0.25, -0.2) is 9.59 Å². The van der Waals surface area contributed by atoms with Crippen LogP contribution in [0.4, 0.5) is 9.18 Å². The zero-order valence-electron chi connectivity index (χ0n) is 39.7. The lowest BCUT2D eigenvalue weighted by atomic mass is 9.99. The molecule has 2 rings (SSSR count). The number of rotatable bonds is 31. The Hall–Kier alpha value is -4.16. The molecule has 22 heteroatoms. The van der Waals surface area contributed by atoms with E-state index in [-0.39, 0.29) is 55.9 Å². The van der Waals surface area contributed by atoms with E-state index < -0.39 is 95.3 Å². The molecular weight excluding hydrogens is 890 g/mol. The lowest BCUT2D eigenvalue weighted by Gasteiger charge is -2.31. The Bertz CT molecular complexity index is 1750. The van der Waals surface area contributed by atoms with Crippen molar-refractivity contribution in [1.29, 1.82) is 0 Å². The number of thiol groups is 1. The van der Waals surface area contributed by atoms with Crippen LogP contribution in [0.5, 0.6) is 5.75 Å². The maximum atomic E-state index is 13.7. The first-order valence-electron chi connectivity index (χ1n) is 21.9. The summed E-state index contributed by atoms with van der Waals surface area (Å²) in [5, 5.41) is 32.6. The third-order valence-electron chi connectivity index (χ3n) is 10.5. The number of aliphatic hydroxyl groups is 1. The lowest BCUT2D eigenvalue weighted by molar-refractivity contribution is -0.195. The van der Waals surface area contributed by atoms with Gasteiger partial charge in [-0.15, -0.1) is 17.0 Å². The number of hydrogen-bond donors (Lipinski definition) is 8. The summed E-state index contributed by atoms with van der Waals surface area (Å²) in [7, 11) is 3.34. The Kier molecular flexibility index (Phi) is 24.2. The third kappa shape index (κ3) is 23.5. The van der Waals surface area contributed by atoms with Crippen molar-refractivity contribution >= 4 is 48.4 Å². The molecule has 1 aliphatic heterocycles. The molecule has 1 aromatic carbocycles. The zero-order valence-corrected chi connectivity index (χ0v) is 40.6. The molecule has 1 heterocycles. The Morgan fingerprint density at radius 2 is 1.56 bits per heavy atom. The lowest BCUT2D eigenvalue weighted by Crippen LogP contribution is -2.54. The third-order valence-corrected chi connectivity index (χ3v) is 10.8. The highest BCUT2D eigenvalue weighted by molar-refractivity contribution is 7.81. The number of hydrogen-bond acceptors (Lipinski definition) is 16. The highest BCUT2D eigenvalue weighted by atomic mass is 32.1. The van der Waals surface area contributed by atoms with Gasteiger partial charge in [0.15, 0.2) is 11.2 Å². The minimum atomic E-state index is -2.04. The maximum Gasteiger partial charge on any atom is 0.495 e. The van der Waals surface area contributed by atoms with Crippen molar-refractivity contribution in [3.63, 3.8) is 0 Å². The smallest absolute Gasteiger partial charge is 0.479 e. The van der Waals surface area contributed by atoms with Crippen molar-refractivity contribution in [1.82, 2.24) is 26.6 Å². The van der Waals surface area contributed by atoms with E-state index in [2.05, 4.69) is 43.9 Å². The van der Waals surface area contributed by atoms with E-state index >= 15 is 0 Å². The van der Waals surface area contributed by atoms with Crippen LogP contribution in [0.2, 0.25) is 0 Å². The molecule has 66 heavy (non-hydrogen) atoms. The van der Waals surface area contributed by atoms with Crippen molar-refractivity contribution in [2.75, 3.05) is 53.7 Å². The first-order valence-corrected chi connectivity index (χ1v) is 22.4. The molecule has 1 saturated heterocycles. The van der Waals surface area contributed by atoms with Gasteiger partial charge in [0.05, 0.1) is 42.6 Å². The molecule has 1 aliphatic rings. The molecule has 0 bridgehead atoms. The van der Waals surface area contributed by atoms with Crippen molar-refractivity contribution < 1.29 is 76.5 Å². The predicted octanol–water partition coefficient (Wildman–Crippen LogP) is 3.26. The normalized spacial score (nSPS) is 18.0. The average Bonchev–Trinajstić information content (AvgIpc) is 3.22. The number of halogens is 1. The fraction of sp³-hybridized carbons (Fsp3) is 0.727. The molecule has 5 atom stereocenters. The molecular formula is C44H72FN5O15S. The fourth-order valence-electron chi connectivity index (χ4n) is 6.23. The number of carbonyl (C=O) groups is 6. The molecule has 1 aromatic rings. The number of carboxylic acid groups (broad SMARTS) is 1. The van der Waals surface area contributed by atoms with E-state index in [0.717, 1.165) is 0 Å². The van der Waals surface area contributed by atoms with E-state index in [1.165, 1.54) is 18.2 Å². The molecule has 0 saturated carbocycles. The molecule has 20 nitrogen and oxygen atoms in total. The summed E-state index contributed by atoms with van der Waals surface area (Å²) in [5.41, 5.74) is -1.82. The van der Waals surface area contributed by atoms with Crippen LogP contribution in [-0.4, -0.2) is 146 Å². The monoisotopic (exact) mass is 961 g/mol. The zero-order chi connectivity index (χ0) is 49.7. The summed E-state index contributed by atoms with van der Waals surface area (Å²) < 4.78 is 51.2. The molecule has 4 unspecified atom stereocenters. The number of ether oxygens (including phenoxy) is 7. The summed E-state index contributed by atoms with van der Waals surface area (Å²) in [6, 6.07) is 2.95. The van der Waals surface area contributed by atoms with Gasteiger partial charge in [0.25, 0.3) is 5.91 Å². The number of nitrogens with one attached hydrogen (secondary N) is 5. The molecule has 0 aliphatic carbocycles. The topological polar surface area (TPSA) is 268 Å². The van der Waals surface area contributed by atoms with Gasteiger partial charge in [-0.2, -0.15) is 0 Å². The standard InChI is InChI=1S/C44H72FN5O15S/c1-41(2,15-20-62-44(7,66)46-8)50-38(55)31(49-35(53)27-63-43(5,6)17-21-61-42(3,4)16-19-59-9)12-10-11-18-47-34(52)25-48-37(54)30-22-28(26-60-40(45)58)13-14-32(30)64-36-24-29(51)23-33(65-36)39(56)57/h13-14,22,29,31,33,36,46,51,66H,10-12,15-21,23-27H2,1-9H3,(H,47,52)(H,48,54)(H,49,53)(H,50,55)(H,56,57)/t29?,31?,33?,36-,44?/m1/s1. The van der Waals surface area contributed by atoms with Crippen LogP contribution in [0, 0.1) is 0 Å². The first kappa shape index (κ1) is 58.0. The van der Waals surface area contributed by atoms with Gasteiger partial charge in [-0.1, -0.05) is 6.07 Å². The van der Waals surface area contributed by atoms with Gasteiger partial charge in [0.1, 0.15) is 25.0 Å². The quantitative estimate of drug-likeness (QED) is 0.0230. The molecule has 7 N–H and O–H groups in total. The number of carboxylic acids is 1. The molecule has 4 amide bonds. The van der Waals surface area contributed by atoms with Gasteiger partial charge >= 0.3 is 12.2 Å². The van der Waals surface area contributed by atoms with Crippen molar-refractivity contribution in [2.45, 2.75) is 153 Å². The van der Waals surface area contributed by atoms with Gasteiger partial charge in [-0.3, -0.25) is 24.5 Å². The number of methoxy groups -OCH3 is 1. The molecule has 376 valence electrons. The van der Waals surface area contributed by atoms with E-state index in [9.17, 15) is 43.4 Å². The SMILES string of the molecule is CNC(C)(S)OCCC(C)(C)NC(=O)C(CCCCNC(=O)CNC(=O)c1cc(COC(=O)F)ccc1O[C@H]1CC(O)CC(C(=O)O)O1)NC(=O)COC(C)(C)CCOC(C)(C)CCOC. The molecule has 0 aromatic heterocycles. The average molecular weight is 962 g/mol. The van der Waals surface area contributed by atoms with E-state index in [1.54, 1.807) is 21.1 Å². The van der Waals surface area contributed by atoms with Gasteiger partial charge in [0.2, 0.25) is 24.0 Å². The first-order chi connectivity index (χ1) is 30.8. The second-order valence-electron chi connectivity index (χ2n) is 18.0. The van der Waals surface area contributed by atoms with Crippen LogP contribution in [-0.2, 0) is 54.2 Å². The largest absolute Gasteiger partial charge is 0.495 e. The van der Waals surface area contributed by atoms with E-state index in [1.807, 2.05) is 41.5 Å². The van der Waals surface area contributed by atoms with Crippen molar-refractivity contribution in [3.05, 3.63) is 29.3 Å². The number of amides is 4. The number of aliphatic hydroxyl groups excluding tert-OH is 1. The highest BCUT2D eigenvalue weighted by Crippen LogP contribution is 2.28. The van der Waals surface area contributed by atoms with Crippen LogP contribution < -0.4 is 31.3 Å². The molecule has 0 radical (unpaired) electrons. The van der Waals surface area contributed by atoms with Crippen LogP contribution in [0.1, 0.15) is 116 Å². The highest BCUT2D eigenvalue weighted by Gasteiger charge is 2.35. The second-order valence-corrected chi connectivity index (χ2v) is 18.8. The van der Waals surface area contributed by atoms with Crippen LogP contribution >= 0.6 is 12.6 Å². The van der Waals surface area contributed by atoms with Gasteiger partial charge < -0.3 is 64.6 Å². The molecule has 0 spiro atoms. The maximum absolute atomic E-state index is 13.7. The van der Waals surface area contributed by atoms with Crippen molar-refractivity contribution in [2.24, 2.45) is 0 Å². The number of carbonyl (C=O) groups excluding carboxylic acids is 5. The van der Waals surface area contributed by atoms with Crippen LogP contribution in [0.25, 0.3) is 0 Å². The van der Waals surface area contributed by atoms with E-state index in [4.69, 9.17) is 28.4 Å². The van der Waals surface area contributed by atoms with Crippen LogP contribution in [0.15, 0.2) is 18.2 Å². The summed E-state index contributed by atoms with van der Waals surface area (Å²) in [4.78, 5) is 75.3. The molecule has 1 fully saturated rings. The van der Waals surface area contributed by atoms with Crippen LogP contribution in [0.3, 0.4) is 0 Å². The van der Waals surface area contributed by atoms with Gasteiger partial charge in [-0.05, 0) is 112 Å². The summed E-state index contributed by atoms with van der Waals surface area (Å²) in [6.45, 7) is 13.1. The fourth-order valence-corrected chi connectivity index (χ4v) is 6.33. The second kappa shape index (κ2) is 27.6. The number of unbranched alkanes of at least 4 members (excludes halogenated alkanes) is 1. The Balaban J connectivity index is 2.03. The van der Waals surface area contributed by atoms with E-state index in [0.29, 0.717) is 45.3 Å². The number of aliphatic carboxylic acids is 1.